The second-order valence-electron chi connectivity index (χ2n) is 7.66. The summed E-state index contributed by atoms with van der Waals surface area (Å²) in [6.07, 6.45) is 7.01. The van der Waals surface area contributed by atoms with Gasteiger partial charge in [0.05, 0.1) is 6.54 Å². The first-order valence-electron chi connectivity index (χ1n) is 9.76. The minimum atomic E-state index is -0.919. The molecular formula is C22H26N2O4. The van der Waals surface area contributed by atoms with E-state index in [1.54, 1.807) is 6.07 Å². The summed E-state index contributed by atoms with van der Waals surface area (Å²) in [5.41, 5.74) is 4.52. The van der Waals surface area contributed by atoms with Gasteiger partial charge in [0.25, 0.3) is 0 Å². The second-order valence-corrected chi connectivity index (χ2v) is 7.66. The largest absolute Gasteiger partial charge is 0.334 e. The summed E-state index contributed by atoms with van der Waals surface area (Å²) in [4.78, 5) is 51.6. The van der Waals surface area contributed by atoms with Gasteiger partial charge in [-0.05, 0) is 75.6 Å². The number of urea groups is 1. The molecule has 3 rings (SSSR count). The molecule has 0 aromatic heterocycles. The van der Waals surface area contributed by atoms with Crippen molar-refractivity contribution in [1.29, 1.82) is 0 Å². The lowest BCUT2D eigenvalue weighted by Crippen LogP contribution is -2.37. The fourth-order valence-electron chi connectivity index (χ4n) is 3.76. The number of benzene rings is 1. The minimum Gasteiger partial charge on any atom is -0.292 e. The molecule has 1 aliphatic heterocycles. The number of imide groups is 2. The average molecular weight is 382 g/mol. The Morgan fingerprint density at radius 1 is 0.929 bits per heavy atom. The lowest BCUT2D eigenvalue weighted by Gasteiger charge is -2.18. The highest BCUT2D eigenvalue weighted by molar-refractivity contribution is 6.45. The molecule has 1 aliphatic carbocycles. The third-order valence-corrected chi connectivity index (χ3v) is 5.62. The summed E-state index contributed by atoms with van der Waals surface area (Å²) in [6, 6.07) is 2.99. The van der Waals surface area contributed by atoms with Gasteiger partial charge in [-0.1, -0.05) is 17.7 Å². The number of amides is 4. The van der Waals surface area contributed by atoms with Crippen LogP contribution in [-0.2, 0) is 9.59 Å². The van der Waals surface area contributed by atoms with E-state index in [2.05, 4.69) is 6.08 Å². The quantitative estimate of drug-likeness (QED) is 0.327. The van der Waals surface area contributed by atoms with Gasteiger partial charge in [0, 0.05) is 12.1 Å². The number of rotatable bonds is 6. The fourth-order valence-corrected chi connectivity index (χ4v) is 3.76. The Kier molecular flexibility index (Phi) is 5.77. The van der Waals surface area contributed by atoms with Gasteiger partial charge in [-0.3, -0.25) is 19.3 Å². The first-order valence-corrected chi connectivity index (χ1v) is 9.76. The number of carbonyl (C=O) groups excluding carboxylic acids is 4. The van der Waals surface area contributed by atoms with Crippen molar-refractivity contribution in [3.8, 4) is 0 Å². The van der Waals surface area contributed by atoms with Crippen LogP contribution in [0.3, 0.4) is 0 Å². The van der Waals surface area contributed by atoms with Crippen LogP contribution in [0.15, 0.2) is 23.8 Å². The SMILES string of the molecule is Cc1cc(C)c(C(=O)CN2C(=O)C(=O)N(CCC3=CCCCC3)C2=O)cc1C. The molecular weight excluding hydrogens is 356 g/mol. The highest BCUT2D eigenvalue weighted by atomic mass is 16.2. The van der Waals surface area contributed by atoms with Crippen molar-refractivity contribution in [3.63, 3.8) is 0 Å². The number of nitrogens with zero attached hydrogens (tertiary/aromatic N) is 2. The smallest absolute Gasteiger partial charge is 0.292 e. The molecule has 0 saturated carbocycles. The van der Waals surface area contributed by atoms with Crippen LogP contribution in [0.1, 0.15) is 59.2 Å². The molecule has 6 nitrogen and oxygen atoms in total. The molecule has 1 heterocycles. The normalized spacial score (nSPS) is 17.4. The van der Waals surface area contributed by atoms with Crippen LogP contribution < -0.4 is 0 Å². The van der Waals surface area contributed by atoms with Gasteiger partial charge in [-0.2, -0.15) is 0 Å². The standard InChI is InChI=1S/C22H26N2O4/c1-14-11-16(3)18(12-15(14)2)19(25)13-24-21(27)20(26)23(22(24)28)10-9-17-7-5-4-6-8-17/h7,11-12H,4-6,8-10,13H2,1-3H3. The van der Waals surface area contributed by atoms with Crippen molar-refractivity contribution in [2.75, 3.05) is 13.1 Å². The van der Waals surface area contributed by atoms with E-state index >= 15 is 0 Å². The van der Waals surface area contributed by atoms with Crippen molar-refractivity contribution in [2.24, 2.45) is 0 Å². The Hall–Kier alpha value is -2.76. The zero-order chi connectivity index (χ0) is 20.4. The van der Waals surface area contributed by atoms with Gasteiger partial charge >= 0.3 is 17.8 Å². The summed E-state index contributed by atoms with van der Waals surface area (Å²) >= 11 is 0. The monoisotopic (exact) mass is 382 g/mol. The summed E-state index contributed by atoms with van der Waals surface area (Å²) in [7, 11) is 0. The zero-order valence-corrected chi connectivity index (χ0v) is 16.7. The molecule has 148 valence electrons. The number of ketones is 1. The average Bonchev–Trinajstić information content (AvgIpc) is 2.87. The molecule has 0 spiro atoms. The molecule has 1 fully saturated rings. The molecule has 0 bridgehead atoms. The molecule has 0 atom stereocenters. The van der Waals surface area contributed by atoms with Gasteiger partial charge in [0.15, 0.2) is 5.78 Å². The lowest BCUT2D eigenvalue weighted by atomic mass is 9.97. The Balaban J connectivity index is 1.70. The molecule has 0 unspecified atom stereocenters. The maximum absolute atomic E-state index is 12.7. The number of Topliss-reactive ketones (excluding diaryl/α,β-unsaturated/α-hetero) is 1. The predicted molar refractivity (Wildman–Crippen MR) is 105 cm³/mol. The van der Waals surface area contributed by atoms with Crippen molar-refractivity contribution < 1.29 is 19.2 Å². The van der Waals surface area contributed by atoms with E-state index in [9.17, 15) is 19.2 Å². The zero-order valence-electron chi connectivity index (χ0n) is 16.7. The summed E-state index contributed by atoms with van der Waals surface area (Å²) in [5.74, 6) is -2.10. The Morgan fingerprint density at radius 2 is 1.61 bits per heavy atom. The van der Waals surface area contributed by atoms with Crippen LogP contribution in [0.25, 0.3) is 0 Å². The van der Waals surface area contributed by atoms with E-state index in [1.807, 2.05) is 26.8 Å². The fraction of sp³-hybridized carbons (Fsp3) is 0.455. The first kappa shape index (κ1) is 20.0. The van der Waals surface area contributed by atoms with Crippen molar-refractivity contribution in [2.45, 2.75) is 52.9 Å². The Labute approximate surface area is 165 Å². The molecule has 28 heavy (non-hydrogen) atoms. The van der Waals surface area contributed by atoms with Gasteiger partial charge in [0.2, 0.25) is 0 Å². The number of hydrogen-bond donors (Lipinski definition) is 0. The molecule has 0 radical (unpaired) electrons. The predicted octanol–water partition coefficient (Wildman–Crippen LogP) is 3.48. The van der Waals surface area contributed by atoms with Crippen molar-refractivity contribution in [3.05, 3.63) is 46.0 Å². The minimum absolute atomic E-state index is 0.183. The third kappa shape index (κ3) is 3.91. The molecule has 0 N–H and O–H groups in total. The highest BCUT2D eigenvalue weighted by Crippen LogP contribution is 2.22. The van der Waals surface area contributed by atoms with Crippen LogP contribution in [0, 0.1) is 20.8 Å². The maximum atomic E-state index is 12.7. The lowest BCUT2D eigenvalue weighted by molar-refractivity contribution is -0.143. The van der Waals surface area contributed by atoms with Crippen LogP contribution in [0.5, 0.6) is 0 Å². The first-order chi connectivity index (χ1) is 13.3. The van der Waals surface area contributed by atoms with E-state index in [0.29, 0.717) is 12.0 Å². The topological polar surface area (TPSA) is 74.8 Å². The van der Waals surface area contributed by atoms with Crippen LogP contribution in [0.4, 0.5) is 4.79 Å². The number of aryl methyl sites for hydroxylation is 3. The number of allylic oxidation sites excluding steroid dienone is 1. The number of hydrogen-bond acceptors (Lipinski definition) is 4. The van der Waals surface area contributed by atoms with E-state index in [-0.39, 0.29) is 12.3 Å². The molecule has 4 amide bonds. The molecule has 1 aromatic rings. The highest BCUT2D eigenvalue weighted by Gasteiger charge is 2.45. The number of carbonyl (C=O) groups is 4. The second kappa shape index (κ2) is 8.09. The van der Waals surface area contributed by atoms with Crippen LogP contribution >= 0.6 is 0 Å². The van der Waals surface area contributed by atoms with E-state index < -0.39 is 24.4 Å². The Morgan fingerprint density at radius 3 is 2.29 bits per heavy atom. The molecule has 6 heteroatoms. The van der Waals surface area contributed by atoms with E-state index in [1.165, 1.54) is 5.57 Å². The van der Waals surface area contributed by atoms with Gasteiger partial charge in [-0.25, -0.2) is 9.69 Å². The Bertz CT molecular complexity index is 885. The van der Waals surface area contributed by atoms with Crippen LogP contribution in [-0.4, -0.2) is 46.5 Å². The molecule has 1 aromatic carbocycles. The maximum Gasteiger partial charge on any atom is 0.334 e. The van der Waals surface area contributed by atoms with Crippen LogP contribution in [0.2, 0.25) is 0 Å². The van der Waals surface area contributed by atoms with E-state index in [4.69, 9.17) is 0 Å². The molecule has 1 saturated heterocycles. The summed E-state index contributed by atoms with van der Waals surface area (Å²) < 4.78 is 0. The van der Waals surface area contributed by atoms with Gasteiger partial charge in [-0.15, -0.1) is 0 Å². The van der Waals surface area contributed by atoms with Gasteiger partial charge < -0.3 is 0 Å². The van der Waals surface area contributed by atoms with Crippen molar-refractivity contribution in [1.82, 2.24) is 9.80 Å². The van der Waals surface area contributed by atoms with Crippen molar-refractivity contribution >= 4 is 23.6 Å². The third-order valence-electron chi connectivity index (χ3n) is 5.62. The summed E-state index contributed by atoms with van der Waals surface area (Å²) in [5, 5.41) is 0. The summed E-state index contributed by atoms with van der Waals surface area (Å²) in [6.45, 7) is 5.46. The van der Waals surface area contributed by atoms with Gasteiger partial charge in [0.1, 0.15) is 0 Å². The molecule has 2 aliphatic rings. The van der Waals surface area contributed by atoms with E-state index in [0.717, 1.165) is 52.2 Å².